The van der Waals surface area contributed by atoms with Crippen molar-refractivity contribution < 1.29 is 0 Å². The third-order valence-electron chi connectivity index (χ3n) is 2.45. The molecule has 0 radical (unpaired) electrons. The van der Waals surface area contributed by atoms with Gasteiger partial charge in [0.2, 0.25) is 0 Å². The number of nitrogen functional groups attached to an aromatic ring is 2. The van der Waals surface area contributed by atoms with Crippen LogP contribution in [0.15, 0.2) is 58.7 Å². The van der Waals surface area contributed by atoms with Crippen molar-refractivity contribution in [2.75, 3.05) is 11.5 Å². The summed E-state index contributed by atoms with van der Waals surface area (Å²) < 4.78 is 0. The summed E-state index contributed by atoms with van der Waals surface area (Å²) in [5, 5.41) is 7.90. The van der Waals surface area contributed by atoms with Gasteiger partial charge in [0.1, 0.15) is 0 Å². The highest BCUT2D eigenvalue weighted by Gasteiger charge is 1.93. The summed E-state index contributed by atoms with van der Waals surface area (Å²) in [6, 6.07) is 14.9. The lowest BCUT2D eigenvalue weighted by molar-refractivity contribution is 1.26. The molecule has 0 aliphatic heterocycles. The SMILES string of the molecule is Nc1ccccc1/C=N/N=C/c1ccccc1N. The smallest absolute Gasteiger partial charge is 0.0588 e. The second-order valence-corrected chi connectivity index (χ2v) is 3.75. The maximum atomic E-state index is 5.77. The fraction of sp³-hybridized carbons (Fsp3) is 0. The topological polar surface area (TPSA) is 76.8 Å². The number of nitrogens with zero attached hydrogens (tertiary/aromatic N) is 2. The normalized spacial score (nSPS) is 11.3. The van der Waals surface area contributed by atoms with E-state index in [1.54, 1.807) is 12.4 Å². The molecule has 2 rings (SSSR count). The molecule has 0 aliphatic rings. The highest BCUT2D eigenvalue weighted by molar-refractivity contribution is 5.89. The van der Waals surface area contributed by atoms with E-state index < -0.39 is 0 Å². The third-order valence-corrected chi connectivity index (χ3v) is 2.45. The van der Waals surface area contributed by atoms with Gasteiger partial charge in [0, 0.05) is 22.5 Å². The molecule has 0 bridgehead atoms. The summed E-state index contributed by atoms with van der Waals surface area (Å²) in [5.74, 6) is 0. The van der Waals surface area contributed by atoms with E-state index in [4.69, 9.17) is 11.5 Å². The Hall–Kier alpha value is -2.62. The van der Waals surface area contributed by atoms with E-state index in [1.807, 2.05) is 48.5 Å². The number of benzene rings is 2. The first-order valence-electron chi connectivity index (χ1n) is 5.53. The van der Waals surface area contributed by atoms with Gasteiger partial charge in [0.25, 0.3) is 0 Å². The summed E-state index contributed by atoms with van der Waals surface area (Å²) in [6.07, 6.45) is 3.23. The Morgan fingerprint density at radius 2 is 1.06 bits per heavy atom. The second kappa shape index (κ2) is 5.63. The fourth-order valence-electron chi connectivity index (χ4n) is 1.45. The molecule has 4 nitrogen and oxygen atoms in total. The molecule has 90 valence electrons. The van der Waals surface area contributed by atoms with Gasteiger partial charge in [-0.15, -0.1) is 0 Å². The number of hydrogen-bond donors (Lipinski definition) is 2. The molecule has 0 amide bonds. The molecule has 4 heteroatoms. The Balaban J connectivity index is 2.08. The van der Waals surface area contributed by atoms with Crippen molar-refractivity contribution >= 4 is 23.8 Å². The van der Waals surface area contributed by atoms with Crippen LogP contribution in [0.3, 0.4) is 0 Å². The fourth-order valence-corrected chi connectivity index (χ4v) is 1.45. The zero-order valence-electron chi connectivity index (χ0n) is 9.82. The van der Waals surface area contributed by atoms with Crippen molar-refractivity contribution in [1.29, 1.82) is 0 Å². The van der Waals surface area contributed by atoms with E-state index in [0.717, 1.165) is 11.1 Å². The van der Waals surface area contributed by atoms with Crippen molar-refractivity contribution in [3.8, 4) is 0 Å². The molecule has 4 N–H and O–H groups in total. The lowest BCUT2D eigenvalue weighted by atomic mass is 10.2. The third kappa shape index (κ3) is 2.95. The summed E-state index contributed by atoms with van der Waals surface area (Å²) >= 11 is 0. The first kappa shape index (κ1) is 11.9. The molecule has 0 aliphatic carbocycles. The lowest BCUT2D eigenvalue weighted by Crippen LogP contribution is -1.92. The molecule has 0 atom stereocenters. The first-order valence-corrected chi connectivity index (χ1v) is 5.53. The quantitative estimate of drug-likeness (QED) is 0.489. The largest absolute Gasteiger partial charge is 0.398 e. The van der Waals surface area contributed by atoms with Crippen LogP contribution in [0.5, 0.6) is 0 Å². The van der Waals surface area contributed by atoms with E-state index in [0.29, 0.717) is 11.4 Å². The monoisotopic (exact) mass is 238 g/mol. The highest BCUT2D eigenvalue weighted by Crippen LogP contribution is 2.08. The predicted molar refractivity (Wildman–Crippen MR) is 76.9 cm³/mol. The Morgan fingerprint density at radius 3 is 1.44 bits per heavy atom. The molecule has 2 aromatic rings. The maximum absolute atomic E-state index is 5.77. The van der Waals surface area contributed by atoms with Gasteiger partial charge >= 0.3 is 0 Å². The van der Waals surface area contributed by atoms with Crippen LogP contribution >= 0.6 is 0 Å². The molecule has 0 fully saturated rings. The molecular formula is C14H14N4. The second-order valence-electron chi connectivity index (χ2n) is 3.75. The Kier molecular flexibility index (Phi) is 3.71. The van der Waals surface area contributed by atoms with Crippen molar-refractivity contribution in [3.05, 3.63) is 59.7 Å². The molecule has 0 saturated carbocycles. The molecular weight excluding hydrogens is 224 g/mol. The first-order chi connectivity index (χ1) is 8.77. The predicted octanol–water partition coefficient (Wildman–Crippen LogP) is 2.30. The van der Waals surface area contributed by atoms with Gasteiger partial charge in [-0.05, 0) is 12.1 Å². The van der Waals surface area contributed by atoms with Crippen molar-refractivity contribution in [2.45, 2.75) is 0 Å². The van der Waals surface area contributed by atoms with E-state index in [9.17, 15) is 0 Å². The Labute approximate surface area is 106 Å². The van der Waals surface area contributed by atoms with E-state index >= 15 is 0 Å². The summed E-state index contributed by atoms with van der Waals surface area (Å²) in [7, 11) is 0. The van der Waals surface area contributed by atoms with Crippen LogP contribution < -0.4 is 11.5 Å². The van der Waals surface area contributed by atoms with Gasteiger partial charge in [-0.2, -0.15) is 10.2 Å². The van der Waals surface area contributed by atoms with Crippen LogP contribution in [0, 0.1) is 0 Å². The zero-order chi connectivity index (χ0) is 12.8. The molecule has 0 unspecified atom stereocenters. The average Bonchev–Trinajstić information content (AvgIpc) is 2.38. The van der Waals surface area contributed by atoms with E-state index in [-0.39, 0.29) is 0 Å². The Morgan fingerprint density at radius 1 is 0.667 bits per heavy atom. The number of hydrogen-bond acceptors (Lipinski definition) is 4. The highest BCUT2D eigenvalue weighted by atomic mass is 15.2. The minimum absolute atomic E-state index is 0.677. The van der Waals surface area contributed by atoms with Gasteiger partial charge < -0.3 is 11.5 Å². The van der Waals surface area contributed by atoms with Crippen molar-refractivity contribution in [1.82, 2.24) is 0 Å². The zero-order valence-corrected chi connectivity index (χ0v) is 9.82. The lowest BCUT2D eigenvalue weighted by Gasteiger charge is -1.97. The molecule has 0 saturated heterocycles. The summed E-state index contributed by atoms with van der Waals surface area (Å²) in [4.78, 5) is 0. The van der Waals surface area contributed by atoms with Gasteiger partial charge in [-0.3, -0.25) is 0 Å². The number of nitrogens with two attached hydrogens (primary N) is 2. The van der Waals surface area contributed by atoms with Gasteiger partial charge in [-0.25, -0.2) is 0 Å². The number of rotatable bonds is 3. The van der Waals surface area contributed by atoms with E-state index in [2.05, 4.69) is 10.2 Å². The van der Waals surface area contributed by atoms with Gasteiger partial charge in [0.15, 0.2) is 0 Å². The van der Waals surface area contributed by atoms with Crippen LogP contribution in [0.2, 0.25) is 0 Å². The molecule has 18 heavy (non-hydrogen) atoms. The minimum atomic E-state index is 0.677. The van der Waals surface area contributed by atoms with Gasteiger partial charge in [-0.1, -0.05) is 36.4 Å². The minimum Gasteiger partial charge on any atom is -0.398 e. The number of anilines is 2. The molecule has 0 heterocycles. The van der Waals surface area contributed by atoms with Crippen molar-refractivity contribution in [3.63, 3.8) is 0 Å². The molecule has 0 aromatic heterocycles. The molecule has 2 aromatic carbocycles. The number of para-hydroxylation sites is 2. The van der Waals surface area contributed by atoms with Crippen LogP contribution in [0.25, 0.3) is 0 Å². The summed E-state index contributed by atoms with van der Waals surface area (Å²) in [6.45, 7) is 0. The van der Waals surface area contributed by atoms with Crippen LogP contribution in [-0.4, -0.2) is 12.4 Å². The molecule has 0 spiro atoms. The Bertz CT molecular complexity index is 534. The van der Waals surface area contributed by atoms with Crippen molar-refractivity contribution in [2.24, 2.45) is 10.2 Å². The van der Waals surface area contributed by atoms with E-state index in [1.165, 1.54) is 0 Å². The van der Waals surface area contributed by atoms with Crippen LogP contribution in [0.1, 0.15) is 11.1 Å². The average molecular weight is 238 g/mol. The standard InChI is InChI=1S/C14H14N4/c15-13-7-3-1-5-11(13)9-17-18-10-12-6-2-4-8-14(12)16/h1-10H,15-16H2/b17-9+,18-10+. The summed E-state index contributed by atoms with van der Waals surface area (Å²) in [5.41, 5.74) is 14.6. The van der Waals surface area contributed by atoms with Gasteiger partial charge in [0.05, 0.1) is 12.4 Å². The maximum Gasteiger partial charge on any atom is 0.0588 e. The van der Waals surface area contributed by atoms with Crippen LogP contribution in [-0.2, 0) is 0 Å². The van der Waals surface area contributed by atoms with Crippen LogP contribution in [0.4, 0.5) is 11.4 Å².